The lowest BCUT2D eigenvalue weighted by Gasteiger charge is -2.45. The number of hydrogen-bond donors (Lipinski definition) is 1. The zero-order valence-corrected chi connectivity index (χ0v) is 27.8. The van der Waals surface area contributed by atoms with Crippen molar-refractivity contribution in [1.29, 1.82) is 0 Å². The predicted octanol–water partition coefficient (Wildman–Crippen LogP) is 8.13. The Balaban J connectivity index is 0.000000540. The molecule has 0 spiro atoms. The minimum atomic E-state index is -6.24. The van der Waals surface area contributed by atoms with E-state index in [4.69, 9.17) is 5.11 Å². The molecular weight excluding hydrogens is 678 g/mol. The lowest BCUT2D eigenvalue weighted by atomic mass is 9.70. The van der Waals surface area contributed by atoms with Crippen LogP contribution in [0.25, 0.3) is 0 Å². The van der Waals surface area contributed by atoms with Gasteiger partial charge >= 0.3 is 24.0 Å². The number of carboxylic acid groups (broad SMARTS) is 1. The first-order chi connectivity index (χ1) is 21.8. The third-order valence-corrected chi connectivity index (χ3v) is 10.9. The van der Waals surface area contributed by atoms with Crippen LogP contribution in [0.4, 0.5) is 30.7 Å². The normalized spacial score (nSPS) is 18.2. The number of aromatic carboxylic acids is 1. The second kappa shape index (κ2) is 15.3. The molecule has 47 heavy (non-hydrogen) atoms. The van der Waals surface area contributed by atoms with E-state index in [0.29, 0.717) is 31.3 Å². The number of nitrogens with zero attached hydrogens (tertiary/aromatic N) is 1. The molecule has 1 aliphatic carbocycles. The number of fused-ring (bicyclic) bond motifs is 1. The predicted molar refractivity (Wildman–Crippen MR) is 163 cm³/mol. The van der Waals surface area contributed by atoms with E-state index in [0.717, 1.165) is 17.4 Å². The van der Waals surface area contributed by atoms with E-state index in [2.05, 4.69) is 18.9 Å². The minimum absolute atomic E-state index is 0.00833. The van der Waals surface area contributed by atoms with Crippen LogP contribution in [-0.4, -0.2) is 43.3 Å². The van der Waals surface area contributed by atoms with Crippen LogP contribution in [0.5, 0.6) is 0 Å². The minimum Gasteiger partial charge on any atom is -0.476 e. The number of alkyl halides is 7. The molecule has 0 fully saturated rings. The molecule has 1 aromatic heterocycles. The number of aryl methyl sites for hydroxylation is 1. The topological polar surface area (TPSA) is 115 Å². The fourth-order valence-electron chi connectivity index (χ4n) is 5.76. The van der Waals surface area contributed by atoms with Crippen molar-refractivity contribution in [3.63, 3.8) is 0 Å². The first kappa shape index (κ1) is 39.9. The molecule has 3 atom stereocenters. The molecule has 0 bridgehead atoms. The number of rotatable bonds is 8. The maximum atomic E-state index is 14.7. The van der Waals surface area contributed by atoms with Crippen LogP contribution in [0, 0.1) is 5.92 Å². The van der Waals surface area contributed by atoms with Crippen molar-refractivity contribution in [2.24, 2.45) is 5.92 Å². The smallest absolute Gasteiger partial charge is 0.435 e. The monoisotopic (exact) mass is 713 g/mol. The van der Waals surface area contributed by atoms with Crippen molar-refractivity contribution in [3.8, 4) is 0 Å². The first-order valence-corrected chi connectivity index (χ1v) is 16.6. The second-order valence-electron chi connectivity index (χ2n) is 10.4. The number of halogens is 7. The molecule has 0 aliphatic heterocycles. The summed E-state index contributed by atoms with van der Waals surface area (Å²) in [5.74, 6) is -1.72. The molecule has 1 N–H and O–H groups in total. The number of sulfone groups is 1. The summed E-state index contributed by atoms with van der Waals surface area (Å²) in [4.78, 5) is 20.0. The molecule has 1 heterocycles. The summed E-state index contributed by atoms with van der Waals surface area (Å²) in [5.41, 5.74) is -7.31. The SMILES string of the molecule is CC.CCCC1CCc2cc(C(F)(C(F)(F)F)C(F)(F)F)ccc2C1(CC)S(=O)(=O)c1ccc(P)cc1.O=Cc1cc(C(=O)O)no1. The van der Waals surface area contributed by atoms with Gasteiger partial charge < -0.3 is 9.63 Å². The highest BCUT2D eigenvalue weighted by molar-refractivity contribution is 7.92. The van der Waals surface area contributed by atoms with E-state index in [1.54, 1.807) is 19.1 Å². The molecule has 260 valence electrons. The summed E-state index contributed by atoms with van der Waals surface area (Å²) >= 11 is 0. The Bertz CT molecular complexity index is 1620. The summed E-state index contributed by atoms with van der Waals surface area (Å²) in [6, 6.07) is 9.02. The van der Waals surface area contributed by atoms with E-state index in [1.807, 2.05) is 20.8 Å². The summed E-state index contributed by atoms with van der Waals surface area (Å²) in [6.45, 7) is 7.51. The van der Waals surface area contributed by atoms with Crippen molar-refractivity contribution in [1.82, 2.24) is 5.16 Å². The highest BCUT2D eigenvalue weighted by Gasteiger charge is 2.73. The quantitative estimate of drug-likeness (QED) is 0.142. The van der Waals surface area contributed by atoms with E-state index in [1.165, 1.54) is 12.1 Å². The Morgan fingerprint density at radius 3 is 2.02 bits per heavy atom. The first-order valence-electron chi connectivity index (χ1n) is 14.5. The zero-order chi connectivity index (χ0) is 36.0. The third-order valence-electron chi connectivity index (χ3n) is 7.86. The molecule has 16 heteroatoms. The van der Waals surface area contributed by atoms with Crippen LogP contribution in [0.1, 0.15) is 91.1 Å². The summed E-state index contributed by atoms with van der Waals surface area (Å²) < 4.78 is 126. The van der Waals surface area contributed by atoms with Gasteiger partial charge in [0.15, 0.2) is 27.6 Å². The molecule has 3 aromatic rings. The van der Waals surface area contributed by atoms with Gasteiger partial charge in [-0.1, -0.05) is 69.6 Å². The summed E-state index contributed by atoms with van der Waals surface area (Å²) in [6.07, 6.45) is -10.6. The molecule has 0 amide bonds. The lowest BCUT2D eigenvalue weighted by molar-refractivity contribution is -0.348. The van der Waals surface area contributed by atoms with E-state index >= 15 is 0 Å². The van der Waals surface area contributed by atoms with Gasteiger partial charge in [0.2, 0.25) is 0 Å². The van der Waals surface area contributed by atoms with Crippen molar-refractivity contribution < 1.29 is 58.4 Å². The molecule has 0 saturated carbocycles. The number of hydrogen-bond acceptors (Lipinski definition) is 6. The Hall–Kier alpha value is -3.32. The molecule has 0 radical (unpaired) electrons. The van der Waals surface area contributed by atoms with E-state index < -0.39 is 50.1 Å². The lowest BCUT2D eigenvalue weighted by Crippen LogP contribution is -2.51. The summed E-state index contributed by atoms with van der Waals surface area (Å²) in [7, 11) is -1.69. The molecule has 2 aromatic carbocycles. The highest BCUT2D eigenvalue weighted by Crippen LogP contribution is 2.56. The Kier molecular flexibility index (Phi) is 13.0. The van der Waals surface area contributed by atoms with Crippen LogP contribution in [-0.2, 0) is 26.7 Å². The maximum Gasteiger partial charge on any atom is 0.435 e. The number of carbonyl (C=O) groups is 2. The standard InChI is InChI=1S/C24H26F7O2PS.C5H3NO4.C2H6/c1-3-5-16-7-6-15-14-17(22(25,23(26,27)28)24(29,30)31)8-13-20(15)21(16,4-2)35(32,33)19-11-9-18(34)10-12-19;7-2-3-1-4(5(8)9)6-10-3;1-2/h8-14,16H,3-7,34H2,1-2H3;1-2H,(H,8,9);1-2H3. The average Bonchev–Trinajstić information content (AvgIpc) is 3.51. The van der Waals surface area contributed by atoms with Crippen LogP contribution in [0.3, 0.4) is 0 Å². The summed E-state index contributed by atoms with van der Waals surface area (Å²) in [5, 5.41) is 12.1. The molecular formula is C31H35F7NO6PS. The fourth-order valence-corrected chi connectivity index (χ4v) is 8.41. The highest BCUT2D eigenvalue weighted by atomic mass is 32.2. The zero-order valence-electron chi connectivity index (χ0n) is 25.9. The fraction of sp³-hybridized carbons (Fsp3) is 0.452. The Labute approximate surface area is 270 Å². The molecule has 4 rings (SSSR count). The van der Waals surface area contributed by atoms with Crippen molar-refractivity contribution in [2.45, 2.75) is 87.5 Å². The van der Waals surface area contributed by atoms with Gasteiger partial charge in [0.1, 0.15) is 4.75 Å². The number of aldehydes is 1. The molecule has 7 nitrogen and oxygen atoms in total. The molecule has 1 aliphatic rings. The largest absolute Gasteiger partial charge is 0.476 e. The van der Waals surface area contributed by atoms with Gasteiger partial charge in [-0.3, -0.25) is 4.79 Å². The van der Waals surface area contributed by atoms with Gasteiger partial charge in [0, 0.05) is 11.6 Å². The van der Waals surface area contributed by atoms with Crippen LogP contribution >= 0.6 is 9.24 Å². The van der Waals surface area contributed by atoms with Gasteiger partial charge in [-0.2, -0.15) is 26.3 Å². The van der Waals surface area contributed by atoms with Gasteiger partial charge in [-0.25, -0.2) is 17.6 Å². The van der Waals surface area contributed by atoms with Gasteiger partial charge in [-0.05, 0) is 60.2 Å². The number of aromatic nitrogens is 1. The van der Waals surface area contributed by atoms with E-state index in [-0.39, 0.29) is 46.7 Å². The van der Waals surface area contributed by atoms with Gasteiger partial charge in [-0.15, -0.1) is 9.24 Å². The number of carboxylic acids is 1. The van der Waals surface area contributed by atoms with Crippen molar-refractivity contribution in [2.75, 3.05) is 0 Å². The van der Waals surface area contributed by atoms with Gasteiger partial charge in [0.05, 0.1) is 4.90 Å². The number of carbonyl (C=O) groups excluding carboxylic acids is 1. The van der Waals surface area contributed by atoms with Crippen molar-refractivity contribution in [3.05, 3.63) is 76.7 Å². The van der Waals surface area contributed by atoms with Crippen LogP contribution in [0.15, 0.2) is 57.9 Å². The van der Waals surface area contributed by atoms with E-state index in [9.17, 15) is 48.7 Å². The van der Waals surface area contributed by atoms with Gasteiger partial charge in [0.25, 0.3) is 0 Å². The van der Waals surface area contributed by atoms with Crippen molar-refractivity contribution >= 4 is 36.6 Å². The maximum absolute atomic E-state index is 14.7. The van der Waals surface area contributed by atoms with Crippen LogP contribution < -0.4 is 5.30 Å². The molecule has 0 saturated heterocycles. The Morgan fingerprint density at radius 1 is 1.02 bits per heavy atom. The number of benzene rings is 2. The second-order valence-corrected chi connectivity index (χ2v) is 13.3. The average molecular weight is 714 g/mol. The third kappa shape index (κ3) is 7.56. The molecule has 3 unspecified atom stereocenters. The Morgan fingerprint density at radius 2 is 1.60 bits per heavy atom. The van der Waals surface area contributed by atoms with Crippen LogP contribution in [0.2, 0.25) is 0 Å².